The maximum Gasteiger partial charge on any atom is 0.261 e. The van der Waals surface area contributed by atoms with Crippen molar-refractivity contribution < 1.29 is 13.5 Å². The third-order valence-electron chi connectivity index (χ3n) is 2.81. The average Bonchev–Trinajstić information content (AvgIpc) is 2.34. The number of nitrogens with zero attached hydrogens (tertiary/aromatic N) is 1. The molecule has 100 valence electrons. The van der Waals surface area contributed by atoms with Crippen molar-refractivity contribution in [2.75, 3.05) is 13.2 Å². The van der Waals surface area contributed by atoms with Gasteiger partial charge < -0.3 is 10.2 Å². The molecular weight excluding hydrogens is 228 g/mol. The fraction of sp³-hybridized carbons (Fsp3) is 0.909. The highest BCUT2D eigenvalue weighted by molar-refractivity contribution is 5.81. The van der Waals surface area contributed by atoms with E-state index in [1.165, 1.54) is 19.3 Å². The Morgan fingerprint density at radius 1 is 1.35 bits per heavy atom. The van der Waals surface area contributed by atoms with Crippen LogP contribution in [-0.4, -0.2) is 31.5 Å². The second kappa shape index (κ2) is 8.36. The largest absolute Gasteiger partial charge is 0.375 e. The highest BCUT2D eigenvalue weighted by Gasteiger charge is 2.13. The quantitative estimate of drug-likeness (QED) is 0.248. The Morgan fingerprint density at radius 3 is 2.65 bits per heavy atom. The van der Waals surface area contributed by atoms with Crippen LogP contribution >= 0.6 is 0 Å². The molecule has 0 saturated heterocycles. The third-order valence-corrected chi connectivity index (χ3v) is 2.81. The average molecular weight is 249 g/mol. The SMILES string of the molecule is NNC(CCOCC(F)F)=NC1CCCCC1. The van der Waals surface area contributed by atoms with Crippen molar-refractivity contribution in [3.63, 3.8) is 0 Å². The summed E-state index contributed by atoms with van der Waals surface area (Å²) in [4.78, 5) is 4.48. The minimum absolute atomic E-state index is 0.222. The Hall–Kier alpha value is -0.750. The van der Waals surface area contributed by atoms with Crippen LogP contribution < -0.4 is 11.3 Å². The monoisotopic (exact) mass is 249 g/mol. The summed E-state index contributed by atoms with van der Waals surface area (Å²) in [5.74, 6) is 5.99. The number of ether oxygens (including phenoxy) is 1. The molecule has 1 aliphatic rings. The smallest absolute Gasteiger partial charge is 0.261 e. The van der Waals surface area contributed by atoms with Crippen LogP contribution in [0, 0.1) is 0 Å². The fourth-order valence-corrected chi connectivity index (χ4v) is 1.95. The van der Waals surface area contributed by atoms with Crippen molar-refractivity contribution in [3.8, 4) is 0 Å². The lowest BCUT2D eigenvalue weighted by atomic mass is 9.96. The summed E-state index contributed by atoms with van der Waals surface area (Å²) in [7, 11) is 0. The number of nitrogens with two attached hydrogens (primary N) is 1. The molecule has 0 aromatic heterocycles. The maximum absolute atomic E-state index is 11.8. The molecule has 0 radical (unpaired) electrons. The van der Waals surface area contributed by atoms with Crippen molar-refractivity contribution in [2.24, 2.45) is 10.8 Å². The van der Waals surface area contributed by atoms with Gasteiger partial charge in [-0.2, -0.15) is 0 Å². The van der Waals surface area contributed by atoms with Crippen LogP contribution in [0.15, 0.2) is 4.99 Å². The van der Waals surface area contributed by atoms with Crippen LogP contribution in [0.25, 0.3) is 0 Å². The lowest BCUT2D eigenvalue weighted by molar-refractivity contribution is 0.0200. The van der Waals surface area contributed by atoms with Gasteiger partial charge in [-0.25, -0.2) is 14.6 Å². The third kappa shape index (κ3) is 6.53. The van der Waals surface area contributed by atoms with Crippen LogP contribution in [0.4, 0.5) is 8.78 Å². The first-order chi connectivity index (χ1) is 8.22. The van der Waals surface area contributed by atoms with Crippen molar-refractivity contribution >= 4 is 5.84 Å². The molecule has 17 heavy (non-hydrogen) atoms. The highest BCUT2D eigenvalue weighted by Crippen LogP contribution is 2.20. The van der Waals surface area contributed by atoms with Gasteiger partial charge in [-0.15, -0.1) is 0 Å². The summed E-state index contributed by atoms with van der Waals surface area (Å²) in [5, 5.41) is 0. The molecule has 4 nitrogen and oxygen atoms in total. The van der Waals surface area contributed by atoms with Crippen LogP contribution in [0.5, 0.6) is 0 Å². The summed E-state index contributed by atoms with van der Waals surface area (Å²) in [6.45, 7) is -0.304. The fourth-order valence-electron chi connectivity index (χ4n) is 1.95. The van der Waals surface area contributed by atoms with Crippen LogP contribution in [-0.2, 0) is 4.74 Å². The zero-order chi connectivity index (χ0) is 12.5. The lowest BCUT2D eigenvalue weighted by Crippen LogP contribution is -2.33. The molecule has 0 aromatic carbocycles. The minimum atomic E-state index is -2.42. The van der Waals surface area contributed by atoms with Crippen LogP contribution in [0.2, 0.25) is 0 Å². The van der Waals surface area contributed by atoms with E-state index in [1.54, 1.807) is 0 Å². The van der Waals surface area contributed by atoms with E-state index < -0.39 is 13.0 Å². The van der Waals surface area contributed by atoms with E-state index in [2.05, 4.69) is 10.4 Å². The number of aliphatic imine (C=N–C) groups is 1. The first-order valence-electron chi connectivity index (χ1n) is 6.11. The molecule has 0 unspecified atom stereocenters. The van der Waals surface area contributed by atoms with Crippen molar-refractivity contribution in [1.82, 2.24) is 5.43 Å². The second-order valence-corrected chi connectivity index (χ2v) is 4.23. The van der Waals surface area contributed by atoms with Gasteiger partial charge in [-0.1, -0.05) is 19.3 Å². The number of hydrogen-bond acceptors (Lipinski definition) is 3. The topological polar surface area (TPSA) is 59.6 Å². The second-order valence-electron chi connectivity index (χ2n) is 4.23. The first-order valence-corrected chi connectivity index (χ1v) is 6.11. The number of nitrogens with one attached hydrogen (secondary N) is 1. The van der Waals surface area contributed by atoms with Gasteiger partial charge >= 0.3 is 0 Å². The van der Waals surface area contributed by atoms with Gasteiger partial charge in [-0.05, 0) is 12.8 Å². The van der Waals surface area contributed by atoms with E-state index >= 15 is 0 Å². The van der Waals surface area contributed by atoms with Crippen molar-refractivity contribution in [3.05, 3.63) is 0 Å². The molecule has 0 atom stereocenters. The summed E-state index contributed by atoms with van der Waals surface area (Å²) >= 11 is 0. The molecule has 1 aliphatic carbocycles. The van der Waals surface area contributed by atoms with Crippen molar-refractivity contribution in [2.45, 2.75) is 51.0 Å². The molecule has 0 aromatic rings. The van der Waals surface area contributed by atoms with E-state index in [0.29, 0.717) is 18.3 Å². The Balaban J connectivity index is 2.23. The minimum Gasteiger partial charge on any atom is -0.375 e. The Morgan fingerprint density at radius 2 is 2.06 bits per heavy atom. The molecule has 0 heterocycles. The van der Waals surface area contributed by atoms with Crippen molar-refractivity contribution in [1.29, 1.82) is 0 Å². The number of rotatable bonds is 6. The highest BCUT2D eigenvalue weighted by atomic mass is 19.3. The van der Waals surface area contributed by atoms with Crippen LogP contribution in [0.3, 0.4) is 0 Å². The molecular formula is C11H21F2N3O. The Kier molecular flexibility index (Phi) is 7.04. The number of alkyl halides is 2. The van der Waals surface area contributed by atoms with E-state index in [4.69, 9.17) is 10.6 Å². The van der Waals surface area contributed by atoms with E-state index in [0.717, 1.165) is 12.8 Å². The van der Waals surface area contributed by atoms with E-state index in [-0.39, 0.29) is 6.61 Å². The standard InChI is InChI=1S/C11H21F2N3O/c12-10(13)8-17-7-6-11(16-14)15-9-4-2-1-3-5-9/h9-10H,1-8,14H2,(H,15,16). The van der Waals surface area contributed by atoms with Gasteiger partial charge in [0.2, 0.25) is 0 Å². The maximum atomic E-state index is 11.8. The summed E-state index contributed by atoms with van der Waals surface area (Å²) < 4.78 is 28.4. The van der Waals surface area contributed by atoms with Gasteiger partial charge in [0.15, 0.2) is 0 Å². The van der Waals surface area contributed by atoms with Crippen LogP contribution in [0.1, 0.15) is 38.5 Å². The number of hydrazine groups is 1. The summed E-state index contributed by atoms with van der Waals surface area (Å²) in [6.07, 6.45) is 3.89. The van der Waals surface area contributed by atoms with E-state index in [9.17, 15) is 8.78 Å². The van der Waals surface area contributed by atoms with Gasteiger partial charge in [0.1, 0.15) is 12.4 Å². The molecule has 3 N–H and O–H groups in total. The van der Waals surface area contributed by atoms with Gasteiger partial charge in [0.05, 0.1) is 12.6 Å². The molecule has 1 saturated carbocycles. The van der Waals surface area contributed by atoms with Gasteiger partial charge in [0, 0.05) is 6.42 Å². The number of amidine groups is 1. The predicted octanol–water partition coefficient (Wildman–Crippen LogP) is 1.85. The zero-order valence-electron chi connectivity index (χ0n) is 10.0. The summed E-state index contributed by atoms with van der Waals surface area (Å²) in [5.41, 5.74) is 2.52. The molecule has 1 fully saturated rings. The number of halogens is 2. The molecule has 0 amide bonds. The Labute approximate surface area is 101 Å². The Bertz CT molecular complexity index is 231. The predicted molar refractivity (Wildman–Crippen MR) is 63.1 cm³/mol. The molecule has 0 spiro atoms. The molecule has 6 heteroatoms. The number of hydrogen-bond donors (Lipinski definition) is 2. The zero-order valence-corrected chi connectivity index (χ0v) is 10.0. The molecule has 0 aliphatic heterocycles. The summed E-state index contributed by atoms with van der Waals surface area (Å²) in [6, 6.07) is 0.324. The first kappa shape index (κ1) is 14.3. The van der Waals surface area contributed by atoms with Gasteiger partial charge in [0.25, 0.3) is 6.43 Å². The molecule has 0 bridgehead atoms. The van der Waals surface area contributed by atoms with Gasteiger partial charge in [-0.3, -0.25) is 4.99 Å². The molecule has 1 rings (SSSR count). The lowest BCUT2D eigenvalue weighted by Gasteiger charge is -2.19. The normalized spacial score (nSPS) is 18.7. The van der Waals surface area contributed by atoms with E-state index in [1.807, 2.05) is 0 Å².